The number of thiophene rings is 1. The Morgan fingerprint density at radius 3 is 3.04 bits per heavy atom. The second kappa shape index (κ2) is 7.59. The zero-order chi connectivity index (χ0) is 16.2. The third kappa shape index (κ3) is 4.42. The second-order valence-corrected chi connectivity index (χ2v) is 8.68. The standard InChI is InChI=1S/C14H16BrN5OS2/c1-2-7-19(8-11-5-6-12(15)23-11)13(21)9-22-14-16-17-18-20(14)10-3-4-10/h2,5-6,10H,1,3-4,7-9H2. The Labute approximate surface area is 151 Å². The highest BCUT2D eigenvalue weighted by Gasteiger charge is 2.28. The molecule has 0 radical (unpaired) electrons. The molecule has 1 fully saturated rings. The fourth-order valence-corrected chi connectivity index (χ4v) is 4.43. The summed E-state index contributed by atoms with van der Waals surface area (Å²) in [7, 11) is 0. The van der Waals surface area contributed by atoms with Gasteiger partial charge in [0, 0.05) is 11.4 Å². The first-order valence-electron chi connectivity index (χ1n) is 7.21. The van der Waals surface area contributed by atoms with E-state index in [1.54, 1.807) is 22.3 Å². The summed E-state index contributed by atoms with van der Waals surface area (Å²) in [6.45, 7) is 4.87. The Morgan fingerprint density at radius 2 is 2.39 bits per heavy atom. The molecule has 0 bridgehead atoms. The number of rotatable bonds is 8. The quantitative estimate of drug-likeness (QED) is 0.491. The molecule has 2 aromatic heterocycles. The number of hydrogen-bond donors (Lipinski definition) is 0. The van der Waals surface area contributed by atoms with Crippen LogP contribution < -0.4 is 0 Å². The Kier molecular flexibility index (Phi) is 5.50. The molecule has 2 heterocycles. The lowest BCUT2D eigenvalue weighted by atomic mass is 10.4. The topological polar surface area (TPSA) is 63.9 Å². The number of carbonyl (C=O) groups is 1. The van der Waals surface area contributed by atoms with Crippen molar-refractivity contribution in [1.29, 1.82) is 0 Å². The number of thioether (sulfide) groups is 1. The van der Waals surface area contributed by atoms with Crippen molar-refractivity contribution >= 4 is 44.9 Å². The van der Waals surface area contributed by atoms with Crippen molar-refractivity contribution in [1.82, 2.24) is 25.1 Å². The van der Waals surface area contributed by atoms with Gasteiger partial charge in [0.05, 0.1) is 22.1 Å². The van der Waals surface area contributed by atoms with Crippen LogP contribution in [0.1, 0.15) is 23.8 Å². The van der Waals surface area contributed by atoms with Gasteiger partial charge in [-0.1, -0.05) is 17.8 Å². The minimum atomic E-state index is 0.0600. The van der Waals surface area contributed by atoms with Gasteiger partial charge in [-0.25, -0.2) is 4.68 Å². The zero-order valence-corrected chi connectivity index (χ0v) is 15.6. The Balaban J connectivity index is 1.59. The smallest absolute Gasteiger partial charge is 0.233 e. The van der Waals surface area contributed by atoms with Crippen LogP contribution in [-0.2, 0) is 11.3 Å². The van der Waals surface area contributed by atoms with Crippen molar-refractivity contribution in [3.8, 4) is 0 Å². The first-order valence-corrected chi connectivity index (χ1v) is 9.80. The molecule has 3 rings (SSSR count). The molecule has 2 aromatic rings. The maximum absolute atomic E-state index is 12.5. The highest BCUT2D eigenvalue weighted by Crippen LogP contribution is 2.36. The van der Waals surface area contributed by atoms with Gasteiger partial charge in [0.2, 0.25) is 11.1 Å². The third-order valence-electron chi connectivity index (χ3n) is 3.36. The van der Waals surface area contributed by atoms with E-state index in [-0.39, 0.29) is 5.91 Å². The van der Waals surface area contributed by atoms with Gasteiger partial charge in [0.15, 0.2) is 0 Å². The molecule has 1 amide bonds. The number of carbonyl (C=O) groups excluding carboxylic acids is 1. The largest absolute Gasteiger partial charge is 0.333 e. The number of halogens is 1. The van der Waals surface area contributed by atoms with Crippen molar-refractivity contribution < 1.29 is 4.79 Å². The Bertz CT molecular complexity index is 697. The van der Waals surface area contributed by atoms with Gasteiger partial charge in [0.25, 0.3) is 0 Å². The van der Waals surface area contributed by atoms with Crippen LogP contribution in [0.25, 0.3) is 0 Å². The summed E-state index contributed by atoms with van der Waals surface area (Å²) in [6.07, 6.45) is 3.98. The van der Waals surface area contributed by atoms with Gasteiger partial charge in [0.1, 0.15) is 0 Å². The number of amides is 1. The van der Waals surface area contributed by atoms with Gasteiger partial charge in [-0.2, -0.15) is 0 Å². The average molecular weight is 414 g/mol. The minimum Gasteiger partial charge on any atom is -0.333 e. The Hall–Kier alpha value is -1.19. The van der Waals surface area contributed by atoms with Crippen molar-refractivity contribution in [2.45, 2.75) is 30.6 Å². The van der Waals surface area contributed by atoms with E-state index < -0.39 is 0 Å². The van der Waals surface area contributed by atoms with E-state index in [0.29, 0.717) is 24.9 Å². The zero-order valence-electron chi connectivity index (χ0n) is 12.4. The van der Waals surface area contributed by atoms with Crippen LogP contribution in [0.2, 0.25) is 0 Å². The van der Waals surface area contributed by atoms with Crippen molar-refractivity contribution in [2.75, 3.05) is 12.3 Å². The molecule has 0 aromatic carbocycles. The summed E-state index contributed by atoms with van der Waals surface area (Å²) in [5.74, 6) is 0.387. The second-order valence-electron chi connectivity index (χ2n) is 5.19. The van der Waals surface area contributed by atoms with Gasteiger partial charge in [-0.15, -0.1) is 23.0 Å². The minimum absolute atomic E-state index is 0.0600. The molecule has 1 aliphatic carbocycles. The summed E-state index contributed by atoms with van der Waals surface area (Å²) in [5.41, 5.74) is 0. The van der Waals surface area contributed by atoms with Crippen LogP contribution in [0.5, 0.6) is 0 Å². The van der Waals surface area contributed by atoms with E-state index in [1.807, 2.05) is 16.8 Å². The van der Waals surface area contributed by atoms with E-state index in [1.165, 1.54) is 11.8 Å². The highest BCUT2D eigenvalue weighted by molar-refractivity contribution is 9.11. The first kappa shape index (κ1) is 16.7. The van der Waals surface area contributed by atoms with Gasteiger partial charge < -0.3 is 4.90 Å². The van der Waals surface area contributed by atoms with Crippen LogP contribution in [0.4, 0.5) is 0 Å². The molecular formula is C14H16BrN5OS2. The van der Waals surface area contributed by atoms with Crippen LogP contribution in [0, 0.1) is 0 Å². The predicted octanol–water partition coefficient (Wildman–Crippen LogP) is 3.14. The number of hydrogen-bond acceptors (Lipinski definition) is 6. The molecule has 0 saturated heterocycles. The molecule has 1 saturated carbocycles. The fourth-order valence-electron chi connectivity index (χ4n) is 2.08. The maximum Gasteiger partial charge on any atom is 0.233 e. The molecule has 23 heavy (non-hydrogen) atoms. The summed E-state index contributed by atoms with van der Waals surface area (Å²) in [6, 6.07) is 4.43. The summed E-state index contributed by atoms with van der Waals surface area (Å²) in [4.78, 5) is 15.4. The fraction of sp³-hybridized carbons (Fsp3) is 0.429. The predicted molar refractivity (Wildman–Crippen MR) is 94.4 cm³/mol. The van der Waals surface area contributed by atoms with E-state index in [2.05, 4.69) is 38.0 Å². The van der Waals surface area contributed by atoms with E-state index in [9.17, 15) is 4.79 Å². The van der Waals surface area contributed by atoms with Crippen LogP contribution in [0.3, 0.4) is 0 Å². The molecule has 0 unspecified atom stereocenters. The van der Waals surface area contributed by atoms with Gasteiger partial charge in [-0.3, -0.25) is 4.79 Å². The maximum atomic E-state index is 12.5. The molecule has 122 valence electrons. The Morgan fingerprint density at radius 1 is 1.57 bits per heavy atom. The normalized spacial score (nSPS) is 14.0. The van der Waals surface area contributed by atoms with Crippen molar-refractivity contribution in [3.63, 3.8) is 0 Å². The van der Waals surface area contributed by atoms with Crippen molar-refractivity contribution in [2.24, 2.45) is 0 Å². The molecule has 6 nitrogen and oxygen atoms in total. The van der Waals surface area contributed by atoms with Gasteiger partial charge in [-0.05, 0) is 51.3 Å². The number of nitrogens with zero attached hydrogens (tertiary/aromatic N) is 5. The monoisotopic (exact) mass is 413 g/mol. The molecule has 0 aliphatic heterocycles. The van der Waals surface area contributed by atoms with Crippen LogP contribution >= 0.6 is 39.0 Å². The molecule has 1 aliphatic rings. The van der Waals surface area contributed by atoms with Crippen LogP contribution in [-0.4, -0.2) is 43.3 Å². The van der Waals surface area contributed by atoms with E-state index >= 15 is 0 Å². The molecule has 0 spiro atoms. The lowest BCUT2D eigenvalue weighted by Gasteiger charge is -2.20. The summed E-state index contributed by atoms with van der Waals surface area (Å²) < 4.78 is 2.89. The van der Waals surface area contributed by atoms with Crippen molar-refractivity contribution in [3.05, 3.63) is 33.5 Å². The molecule has 0 N–H and O–H groups in total. The van der Waals surface area contributed by atoms with E-state index in [0.717, 1.165) is 26.7 Å². The number of tetrazole rings is 1. The lowest BCUT2D eigenvalue weighted by Crippen LogP contribution is -2.31. The van der Waals surface area contributed by atoms with E-state index in [4.69, 9.17) is 0 Å². The number of aromatic nitrogens is 4. The molecule has 9 heteroatoms. The third-order valence-corrected chi connectivity index (χ3v) is 5.88. The lowest BCUT2D eigenvalue weighted by molar-refractivity contribution is -0.128. The first-order chi connectivity index (χ1) is 11.2. The highest BCUT2D eigenvalue weighted by atomic mass is 79.9. The SMILES string of the molecule is C=CCN(Cc1ccc(Br)s1)C(=O)CSc1nnnn1C1CC1. The molecular weight excluding hydrogens is 398 g/mol. The van der Waals surface area contributed by atoms with Crippen LogP contribution in [0.15, 0.2) is 33.7 Å². The summed E-state index contributed by atoms with van der Waals surface area (Å²) in [5, 5.41) is 12.4. The summed E-state index contributed by atoms with van der Waals surface area (Å²) >= 11 is 6.48. The molecule has 0 atom stereocenters. The van der Waals surface area contributed by atoms with Gasteiger partial charge >= 0.3 is 0 Å². The average Bonchev–Trinajstić information content (AvgIpc) is 3.13.